The Morgan fingerprint density at radius 3 is 1.70 bits per heavy atom. The topological polar surface area (TPSA) is 9.86 Å². The van der Waals surface area contributed by atoms with Crippen LogP contribution in [0.5, 0.6) is 0 Å². The number of nitrogens with zero attached hydrogens (tertiary/aromatic N) is 2. The monoisotopic (exact) mass is 844 g/mol. The minimum absolute atomic E-state index is 0.169. The molecule has 5 aliphatic rings. The van der Waals surface area contributed by atoms with Gasteiger partial charge in [0, 0.05) is 38.3 Å². The summed E-state index contributed by atoms with van der Waals surface area (Å²) in [6.45, 7) is 0. The molecule has 9 aromatic carbocycles. The zero-order chi connectivity index (χ0) is 43.1. The lowest BCUT2D eigenvalue weighted by Crippen LogP contribution is -2.55. The van der Waals surface area contributed by atoms with Gasteiger partial charge in [0.2, 0.25) is 0 Å². The van der Waals surface area contributed by atoms with Gasteiger partial charge >= 0.3 is 0 Å². The van der Waals surface area contributed by atoms with Gasteiger partial charge in [0.25, 0.3) is 0 Å². The Balaban J connectivity index is 0.852. The average molecular weight is 845 g/mol. The van der Waals surface area contributed by atoms with Crippen LogP contribution in [-0.2, 0) is 5.41 Å². The molecule has 0 unspecified atom stereocenters. The highest BCUT2D eigenvalue weighted by molar-refractivity contribution is 6.17. The van der Waals surface area contributed by atoms with Gasteiger partial charge in [-0.3, -0.25) is 0 Å². The van der Waals surface area contributed by atoms with Crippen molar-refractivity contribution >= 4 is 43.6 Å². The van der Waals surface area contributed by atoms with E-state index in [1.165, 1.54) is 126 Å². The van der Waals surface area contributed by atoms with E-state index in [9.17, 15) is 0 Å². The zero-order valence-corrected chi connectivity index (χ0v) is 36.9. The molecule has 66 heavy (non-hydrogen) atoms. The van der Waals surface area contributed by atoms with Crippen molar-refractivity contribution in [2.24, 2.45) is 23.7 Å². The van der Waals surface area contributed by atoms with Gasteiger partial charge in [0.15, 0.2) is 0 Å². The first kappa shape index (κ1) is 36.9. The molecule has 0 N–H and O–H groups in total. The fourth-order valence-corrected chi connectivity index (χ4v) is 14.5. The first-order valence-corrected chi connectivity index (χ1v) is 24.3. The first-order valence-electron chi connectivity index (χ1n) is 24.3. The fraction of sp³-hybridized carbons (Fsp3) is 0.156. The van der Waals surface area contributed by atoms with Gasteiger partial charge in [-0.05, 0) is 166 Å². The van der Waals surface area contributed by atoms with E-state index in [0.717, 1.165) is 29.4 Å². The van der Waals surface area contributed by atoms with Crippen LogP contribution in [0.25, 0.3) is 99.5 Å². The molecular weight excluding hydrogens is 797 g/mol. The molecule has 16 rings (SSSR count). The van der Waals surface area contributed by atoms with E-state index < -0.39 is 0 Å². The Kier molecular flexibility index (Phi) is 7.71. The summed E-state index contributed by atoms with van der Waals surface area (Å²) in [5.74, 6) is 3.39. The lowest BCUT2D eigenvalue weighted by Gasteiger charge is -2.61. The minimum atomic E-state index is 0.169. The molecule has 4 fully saturated rings. The maximum atomic E-state index is 2.62. The van der Waals surface area contributed by atoms with Crippen molar-refractivity contribution in [3.8, 4) is 55.9 Å². The predicted molar refractivity (Wildman–Crippen MR) is 275 cm³/mol. The molecular formula is C64H48N2. The lowest BCUT2D eigenvalue weighted by atomic mass is 9.43. The van der Waals surface area contributed by atoms with E-state index >= 15 is 0 Å². The van der Waals surface area contributed by atoms with E-state index in [4.69, 9.17) is 0 Å². The van der Waals surface area contributed by atoms with Crippen LogP contribution in [0, 0.1) is 23.7 Å². The summed E-state index contributed by atoms with van der Waals surface area (Å²) in [7, 11) is 0. The van der Waals surface area contributed by atoms with Gasteiger partial charge in [0.1, 0.15) is 0 Å². The third-order valence-electron chi connectivity index (χ3n) is 16.9. The van der Waals surface area contributed by atoms with Gasteiger partial charge < -0.3 is 9.13 Å². The highest BCUT2D eigenvalue weighted by Gasteiger charge is 2.61. The zero-order valence-electron chi connectivity index (χ0n) is 36.9. The number of benzene rings is 9. The normalized spacial score (nSPS) is 21.4. The van der Waals surface area contributed by atoms with Gasteiger partial charge in [-0.1, -0.05) is 152 Å². The number of para-hydroxylation sites is 2. The van der Waals surface area contributed by atoms with Crippen LogP contribution in [0.2, 0.25) is 0 Å². The molecule has 0 atom stereocenters. The molecule has 4 bridgehead atoms. The molecule has 314 valence electrons. The fourth-order valence-electron chi connectivity index (χ4n) is 14.5. The maximum absolute atomic E-state index is 2.62. The SMILES string of the molecule is c1ccc(-c2cccc(-n3c4ccccc4c4c(-c5ccc6c7ccccc7n(-c7ccc(-c8ccc9c(c8)C8(c%10ccccc%10-9)C9CC%10CC(C9)CC8C%10)cc7)c6c5)cccc43)c2)cc1. The van der Waals surface area contributed by atoms with E-state index in [1.54, 1.807) is 11.1 Å². The third kappa shape index (κ3) is 5.08. The van der Waals surface area contributed by atoms with Crippen molar-refractivity contribution in [2.45, 2.75) is 37.5 Å². The van der Waals surface area contributed by atoms with Crippen molar-refractivity contribution in [3.63, 3.8) is 0 Å². The molecule has 2 aromatic heterocycles. The summed E-state index contributed by atoms with van der Waals surface area (Å²) in [5.41, 5.74) is 21.1. The van der Waals surface area contributed by atoms with Crippen LogP contribution < -0.4 is 0 Å². The second-order valence-corrected chi connectivity index (χ2v) is 20.1. The molecule has 2 heteroatoms. The molecule has 4 saturated carbocycles. The minimum Gasteiger partial charge on any atom is -0.309 e. The molecule has 5 aliphatic carbocycles. The Hall–Kier alpha value is -7.42. The lowest BCUT2D eigenvalue weighted by molar-refractivity contribution is -0.0399. The molecule has 2 heterocycles. The molecule has 11 aromatic rings. The quantitative estimate of drug-likeness (QED) is 0.163. The number of fused-ring (bicyclic) bond motifs is 9. The van der Waals surface area contributed by atoms with Gasteiger partial charge in [0.05, 0.1) is 22.1 Å². The van der Waals surface area contributed by atoms with Crippen LogP contribution in [-0.4, -0.2) is 9.13 Å². The number of hydrogen-bond donors (Lipinski definition) is 0. The molecule has 0 saturated heterocycles. The van der Waals surface area contributed by atoms with Gasteiger partial charge in [-0.15, -0.1) is 0 Å². The Morgan fingerprint density at radius 2 is 0.879 bits per heavy atom. The van der Waals surface area contributed by atoms with Crippen molar-refractivity contribution in [1.29, 1.82) is 0 Å². The van der Waals surface area contributed by atoms with Crippen LogP contribution in [0.15, 0.2) is 206 Å². The summed E-state index contributed by atoms with van der Waals surface area (Å²) in [4.78, 5) is 0. The van der Waals surface area contributed by atoms with Crippen LogP contribution in [0.3, 0.4) is 0 Å². The number of rotatable bonds is 5. The van der Waals surface area contributed by atoms with E-state index in [-0.39, 0.29) is 5.41 Å². The number of aromatic nitrogens is 2. The smallest absolute Gasteiger partial charge is 0.0547 e. The summed E-state index contributed by atoms with van der Waals surface area (Å²) < 4.78 is 4.93. The molecule has 1 spiro atoms. The Morgan fingerprint density at radius 1 is 0.318 bits per heavy atom. The average Bonchev–Trinajstić information content (AvgIpc) is 4.00. The predicted octanol–water partition coefficient (Wildman–Crippen LogP) is 16.6. The molecule has 0 radical (unpaired) electrons. The molecule has 0 amide bonds. The Labute approximate surface area is 385 Å². The van der Waals surface area contributed by atoms with Crippen LogP contribution in [0.4, 0.5) is 0 Å². The number of hydrogen-bond acceptors (Lipinski definition) is 0. The first-order chi connectivity index (χ1) is 32.7. The van der Waals surface area contributed by atoms with Crippen molar-refractivity contribution < 1.29 is 0 Å². The maximum Gasteiger partial charge on any atom is 0.0547 e. The van der Waals surface area contributed by atoms with Crippen molar-refractivity contribution in [3.05, 3.63) is 217 Å². The largest absolute Gasteiger partial charge is 0.309 e. The van der Waals surface area contributed by atoms with E-state index in [1.807, 2.05) is 0 Å². The standard InChI is InChI=1S/C64H48N2/c1-2-12-42(13-3-1)44-14-10-15-50(37-44)66-60-22-9-6-18-56(60)63-51(19-11-23-61(63)66)46-27-31-55-54-17-5-8-21-59(54)65(62(55)39-46)49-28-24-43(25-29-49)45-26-30-53-52-16-4-7-20-57(52)64(58(53)38-45)47-33-40-32-41(35-47)36-48(64)34-40/h1-31,37-41,47-48H,32-36H2. The Bertz CT molecular complexity index is 3740. The van der Waals surface area contributed by atoms with Gasteiger partial charge in [-0.2, -0.15) is 0 Å². The second-order valence-electron chi connectivity index (χ2n) is 20.1. The highest BCUT2D eigenvalue weighted by atomic mass is 15.0. The van der Waals surface area contributed by atoms with Gasteiger partial charge in [-0.25, -0.2) is 0 Å². The molecule has 2 nitrogen and oxygen atoms in total. The second kappa shape index (κ2) is 13.8. The molecule has 0 aliphatic heterocycles. The summed E-state index contributed by atoms with van der Waals surface area (Å²) in [5, 5.41) is 5.08. The third-order valence-corrected chi connectivity index (χ3v) is 16.9. The van der Waals surface area contributed by atoms with Crippen molar-refractivity contribution in [1.82, 2.24) is 9.13 Å². The summed E-state index contributed by atoms with van der Waals surface area (Å²) in [6, 6.07) is 77.8. The van der Waals surface area contributed by atoms with E-state index in [2.05, 4.69) is 215 Å². The highest BCUT2D eigenvalue weighted by Crippen LogP contribution is 2.69. The van der Waals surface area contributed by atoms with E-state index in [0.29, 0.717) is 0 Å². The van der Waals surface area contributed by atoms with Crippen molar-refractivity contribution in [2.75, 3.05) is 0 Å². The van der Waals surface area contributed by atoms with Crippen LogP contribution in [0.1, 0.15) is 43.2 Å². The van der Waals surface area contributed by atoms with Crippen LogP contribution >= 0.6 is 0 Å². The summed E-state index contributed by atoms with van der Waals surface area (Å²) >= 11 is 0. The summed E-state index contributed by atoms with van der Waals surface area (Å²) in [6.07, 6.45) is 7.10.